The molecule has 0 amide bonds. The van der Waals surface area contributed by atoms with Crippen LogP contribution in [0.1, 0.15) is 6.42 Å². The van der Waals surface area contributed by atoms with Gasteiger partial charge in [0.25, 0.3) is 0 Å². The Balaban J connectivity index is 1.60. The van der Waals surface area contributed by atoms with Gasteiger partial charge in [-0.2, -0.15) is 0 Å². The smallest absolute Gasteiger partial charge is 0.165 e. The summed E-state index contributed by atoms with van der Waals surface area (Å²) in [7, 11) is 1.91. The van der Waals surface area contributed by atoms with Gasteiger partial charge in [0.05, 0.1) is 6.61 Å². The molecule has 0 aliphatic rings. The second kappa shape index (κ2) is 10.2. The van der Waals surface area contributed by atoms with E-state index < -0.39 is 11.9 Å². The Kier molecular flexibility index (Phi) is 7.98. The molecule has 1 unspecified atom stereocenters. The van der Waals surface area contributed by atoms with Crippen LogP contribution < -0.4 is 9.47 Å². The van der Waals surface area contributed by atoms with Crippen LogP contribution in [0.5, 0.6) is 11.5 Å². The number of benzene rings is 2. The highest BCUT2D eigenvalue weighted by Gasteiger charge is 2.10. The van der Waals surface area contributed by atoms with E-state index in [1.54, 1.807) is 30.3 Å². The minimum Gasteiger partial charge on any atom is -0.494 e. The zero-order chi connectivity index (χ0) is 18.1. The minimum atomic E-state index is -0.693. The Morgan fingerprint density at radius 3 is 2.56 bits per heavy atom. The molecule has 1 N–H and O–H groups in total. The highest BCUT2D eigenvalue weighted by molar-refractivity contribution is 6.30. The molecule has 25 heavy (non-hydrogen) atoms. The molecule has 136 valence electrons. The van der Waals surface area contributed by atoms with Crippen LogP contribution in [-0.2, 0) is 0 Å². The van der Waals surface area contributed by atoms with Crippen LogP contribution in [0.3, 0.4) is 0 Å². The first-order valence-electron chi connectivity index (χ1n) is 8.17. The molecule has 0 saturated carbocycles. The molecule has 1 atom stereocenters. The minimum absolute atomic E-state index is 0.0482. The molecule has 0 bridgehead atoms. The number of aliphatic hydroxyl groups excluding tert-OH is 1. The molecule has 0 spiro atoms. The lowest BCUT2D eigenvalue weighted by Crippen LogP contribution is -2.34. The summed E-state index contributed by atoms with van der Waals surface area (Å²) in [6, 6.07) is 13.4. The SMILES string of the molecule is CN(CCCOc1ccc(Cl)cc1)CC(O)COc1ccccc1F. The molecule has 0 heterocycles. The van der Waals surface area contributed by atoms with Crippen LogP contribution in [0.15, 0.2) is 48.5 Å². The molecule has 0 radical (unpaired) electrons. The first-order chi connectivity index (χ1) is 12.0. The van der Waals surface area contributed by atoms with E-state index in [0.717, 1.165) is 18.7 Å². The predicted octanol–water partition coefficient (Wildman–Crippen LogP) is 3.62. The van der Waals surface area contributed by atoms with E-state index in [-0.39, 0.29) is 12.4 Å². The van der Waals surface area contributed by atoms with Gasteiger partial charge in [0.15, 0.2) is 11.6 Å². The molecule has 4 nitrogen and oxygen atoms in total. The van der Waals surface area contributed by atoms with E-state index in [9.17, 15) is 9.50 Å². The van der Waals surface area contributed by atoms with Crippen LogP contribution >= 0.6 is 11.6 Å². The van der Waals surface area contributed by atoms with E-state index in [1.165, 1.54) is 6.07 Å². The maximum absolute atomic E-state index is 13.4. The van der Waals surface area contributed by atoms with Crippen molar-refractivity contribution in [3.05, 3.63) is 59.4 Å². The average Bonchev–Trinajstić information content (AvgIpc) is 2.59. The second-order valence-corrected chi connectivity index (χ2v) is 6.25. The Morgan fingerprint density at radius 2 is 1.84 bits per heavy atom. The van der Waals surface area contributed by atoms with Gasteiger partial charge in [-0.3, -0.25) is 0 Å². The molecule has 2 aromatic carbocycles. The lowest BCUT2D eigenvalue weighted by Gasteiger charge is -2.21. The molecule has 2 rings (SSSR count). The van der Waals surface area contributed by atoms with Crippen LogP contribution in [-0.4, -0.2) is 49.5 Å². The largest absolute Gasteiger partial charge is 0.494 e. The summed E-state index contributed by atoms with van der Waals surface area (Å²) >= 11 is 5.82. The summed E-state index contributed by atoms with van der Waals surface area (Å²) in [4.78, 5) is 1.99. The Morgan fingerprint density at radius 1 is 1.12 bits per heavy atom. The number of rotatable bonds is 10. The Hall–Kier alpha value is -1.82. The van der Waals surface area contributed by atoms with Crippen molar-refractivity contribution in [2.75, 3.05) is 33.4 Å². The average molecular weight is 368 g/mol. The maximum Gasteiger partial charge on any atom is 0.165 e. The van der Waals surface area contributed by atoms with E-state index >= 15 is 0 Å². The van der Waals surface area contributed by atoms with E-state index in [4.69, 9.17) is 21.1 Å². The first kappa shape index (κ1) is 19.5. The zero-order valence-electron chi connectivity index (χ0n) is 14.2. The molecule has 0 aromatic heterocycles. The number of likely N-dealkylation sites (N-methyl/N-ethyl adjacent to an activating group) is 1. The summed E-state index contributed by atoms with van der Waals surface area (Å²) < 4.78 is 24.4. The normalized spacial score (nSPS) is 12.2. The molecule has 6 heteroatoms. The fourth-order valence-corrected chi connectivity index (χ4v) is 2.43. The van der Waals surface area contributed by atoms with E-state index in [2.05, 4.69) is 0 Å². The number of aliphatic hydroxyl groups is 1. The Bertz CT molecular complexity index is 639. The molecule has 2 aromatic rings. The number of para-hydroxylation sites is 1. The van der Waals surface area contributed by atoms with Gasteiger partial charge in [0.2, 0.25) is 0 Å². The van der Waals surface area contributed by atoms with E-state index in [0.29, 0.717) is 18.2 Å². The highest BCUT2D eigenvalue weighted by atomic mass is 35.5. The monoisotopic (exact) mass is 367 g/mol. The molecular formula is C19H23ClFNO3. The van der Waals surface area contributed by atoms with Crippen molar-refractivity contribution in [2.45, 2.75) is 12.5 Å². The van der Waals surface area contributed by atoms with Gasteiger partial charge in [-0.15, -0.1) is 0 Å². The van der Waals surface area contributed by atoms with Crippen LogP contribution in [0.2, 0.25) is 5.02 Å². The maximum atomic E-state index is 13.4. The van der Waals surface area contributed by atoms with Gasteiger partial charge in [0, 0.05) is 18.1 Å². The fraction of sp³-hybridized carbons (Fsp3) is 0.368. The van der Waals surface area contributed by atoms with Crippen molar-refractivity contribution >= 4 is 11.6 Å². The summed E-state index contributed by atoms with van der Waals surface area (Å²) in [6.45, 7) is 1.83. The third kappa shape index (κ3) is 7.30. The second-order valence-electron chi connectivity index (χ2n) is 5.81. The zero-order valence-corrected chi connectivity index (χ0v) is 15.0. The van der Waals surface area contributed by atoms with Gasteiger partial charge in [0.1, 0.15) is 18.5 Å². The number of nitrogens with zero attached hydrogens (tertiary/aromatic N) is 1. The number of hydrogen-bond acceptors (Lipinski definition) is 4. The molecule has 0 saturated heterocycles. The number of hydrogen-bond donors (Lipinski definition) is 1. The lowest BCUT2D eigenvalue weighted by molar-refractivity contribution is 0.0733. The van der Waals surface area contributed by atoms with Crippen molar-refractivity contribution in [1.82, 2.24) is 4.90 Å². The Labute approximate surface area is 152 Å². The summed E-state index contributed by atoms with van der Waals surface area (Å²) in [5.74, 6) is 0.508. The van der Waals surface area contributed by atoms with Gasteiger partial charge in [-0.1, -0.05) is 23.7 Å². The van der Waals surface area contributed by atoms with Crippen LogP contribution in [0, 0.1) is 5.82 Å². The summed E-state index contributed by atoms with van der Waals surface area (Å²) in [5.41, 5.74) is 0. The van der Waals surface area contributed by atoms with Crippen molar-refractivity contribution in [3.63, 3.8) is 0 Å². The topological polar surface area (TPSA) is 41.9 Å². The molecular weight excluding hydrogens is 345 g/mol. The van der Waals surface area contributed by atoms with E-state index in [1.807, 2.05) is 24.1 Å². The quantitative estimate of drug-likeness (QED) is 0.651. The van der Waals surface area contributed by atoms with Crippen LogP contribution in [0.4, 0.5) is 4.39 Å². The third-order valence-corrected chi connectivity index (χ3v) is 3.81. The van der Waals surface area contributed by atoms with Gasteiger partial charge < -0.3 is 19.5 Å². The van der Waals surface area contributed by atoms with Crippen molar-refractivity contribution in [1.29, 1.82) is 0 Å². The molecule has 0 fully saturated rings. The van der Waals surface area contributed by atoms with Crippen molar-refractivity contribution in [2.24, 2.45) is 0 Å². The van der Waals surface area contributed by atoms with Gasteiger partial charge in [-0.25, -0.2) is 4.39 Å². The first-order valence-corrected chi connectivity index (χ1v) is 8.54. The fourth-order valence-electron chi connectivity index (χ4n) is 2.31. The lowest BCUT2D eigenvalue weighted by atomic mass is 10.3. The molecule has 0 aliphatic heterocycles. The summed E-state index contributed by atoms with van der Waals surface area (Å²) in [5, 5.41) is 10.7. The van der Waals surface area contributed by atoms with Gasteiger partial charge in [-0.05, 0) is 49.9 Å². The summed E-state index contributed by atoms with van der Waals surface area (Å²) in [6.07, 6.45) is 0.127. The predicted molar refractivity (Wildman–Crippen MR) is 97.0 cm³/mol. The van der Waals surface area contributed by atoms with Crippen molar-refractivity contribution in [3.8, 4) is 11.5 Å². The third-order valence-electron chi connectivity index (χ3n) is 3.56. The van der Waals surface area contributed by atoms with Crippen molar-refractivity contribution < 1.29 is 19.0 Å². The van der Waals surface area contributed by atoms with Crippen LogP contribution in [0.25, 0.3) is 0 Å². The van der Waals surface area contributed by atoms with Gasteiger partial charge >= 0.3 is 0 Å². The molecule has 0 aliphatic carbocycles. The number of halogens is 2. The highest BCUT2D eigenvalue weighted by Crippen LogP contribution is 2.16. The number of ether oxygens (including phenoxy) is 2. The standard InChI is InChI=1S/C19H23ClFNO3/c1-22(11-4-12-24-17-9-7-15(20)8-10-17)13-16(23)14-25-19-6-3-2-5-18(19)21/h2-3,5-10,16,23H,4,11-14H2,1H3.